The van der Waals surface area contributed by atoms with Crippen LogP contribution in [0.15, 0.2) is 67.0 Å². The molecule has 4 heterocycles. The smallest absolute Gasteiger partial charge is 0.303 e. The zero-order valence-electron chi connectivity index (χ0n) is 27.1. The average Bonchev–Trinajstić information content (AvgIpc) is 3.30. The van der Waals surface area contributed by atoms with Crippen LogP contribution in [-0.2, 0) is 28.0 Å². The van der Waals surface area contributed by atoms with E-state index in [4.69, 9.17) is 0 Å². The second kappa shape index (κ2) is 12.8. The summed E-state index contributed by atoms with van der Waals surface area (Å²) in [4.78, 5) is 36.1. The Hall–Kier alpha value is -4.22. The van der Waals surface area contributed by atoms with Crippen molar-refractivity contribution in [3.8, 4) is 11.3 Å². The van der Waals surface area contributed by atoms with Crippen molar-refractivity contribution >= 4 is 38.6 Å². The van der Waals surface area contributed by atoms with Crippen molar-refractivity contribution in [1.29, 1.82) is 0 Å². The van der Waals surface area contributed by atoms with Crippen LogP contribution in [0.25, 0.3) is 22.2 Å². The summed E-state index contributed by atoms with van der Waals surface area (Å²) in [5.74, 6) is -0.442. The van der Waals surface area contributed by atoms with Crippen LogP contribution in [0.5, 0.6) is 0 Å². The first-order valence-electron chi connectivity index (χ1n) is 16.6. The highest BCUT2D eigenvalue weighted by Gasteiger charge is 2.35. The van der Waals surface area contributed by atoms with Crippen molar-refractivity contribution in [2.75, 3.05) is 45.2 Å². The van der Waals surface area contributed by atoms with Crippen molar-refractivity contribution in [2.24, 2.45) is 5.92 Å². The molecule has 47 heavy (non-hydrogen) atoms. The third kappa shape index (κ3) is 6.02. The lowest BCUT2D eigenvalue weighted by Gasteiger charge is -2.37. The number of anilines is 1. The molecule has 2 aromatic carbocycles. The summed E-state index contributed by atoms with van der Waals surface area (Å²) in [5, 5.41) is 1.08. The van der Waals surface area contributed by atoms with Gasteiger partial charge in [0.05, 0.1) is 11.6 Å². The van der Waals surface area contributed by atoms with Crippen LogP contribution in [0.4, 0.5) is 5.69 Å². The molecule has 11 heteroatoms. The number of benzene rings is 2. The second-order valence-electron chi connectivity index (χ2n) is 13.2. The van der Waals surface area contributed by atoms with E-state index in [9.17, 15) is 18.0 Å². The lowest BCUT2D eigenvalue weighted by atomic mass is 9.81. The van der Waals surface area contributed by atoms with Crippen LogP contribution in [0, 0.1) is 5.92 Å². The van der Waals surface area contributed by atoms with Gasteiger partial charge in [-0.15, -0.1) is 0 Å². The van der Waals surface area contributed by atoms with Gasteiger partial charge in [0.1, 0.15) is 0 Å². The Morgan fingerprint density at radius 2 is 1.64 bits per heavy atom. The van der Waals surface area contributed by atoms with E-state index in [0.29, 0.717) is 32.0 Å². The molecule has 0 unspecified atom stereocenters. The number of nitrogens with one attached hydrogen (secondary N) is 1. The van der Waals surface area contributed by atoms with Crippen LogP contribution in [0.3, 0.4) is 0 Å². The first-order chi connectivity index (χ1) is 22.7. The van der Waals surface area contributed by atoms with Crippen LogP contribution < -0.4 is 9.62 Å². The van der Waals surface area contributed by atoms with Crippen LogP contribution in [0.2, 0.25) is 0 Å². The minimum Gasteiger partial charge on any atom is -0.368 e. The fourth-order valence-electron chi connectivity index (χ4n) is 7.71. The normalized spacial score (nSPS) is 18.9. The number of hydrogen-bond acceptors (Lipinski definition) is 6. The molecule has 1 aliphatic carbocycles. The van der Waals surface area contributed by atoms with Crippen LogP contribution in [0.1, 0.15) is 59.5 Å². The number of piperazine rings is 1. The predicted molar refractivity (Wildman–Crippen MR) is 183 cm³/mol. The average molecular weight is 655 g/mol. The monoisotopic (exact) mass is 654 g/mol. The SMILES string of the molecule is CN(C)S(=O)(=O)NC(=O)c1ccc2c(C3CCCCC3)c3n(c2c1)C[C@@H](C(=O)N1CCN(c2ccncc2)CC1)Cc1ccccc1-3. The van der Waals surface area contributed by atoms with Gasteiger partial charge >= 0.3 is 10.2 Å². The van der Waals surface area contributed by atoms with Gasteiger partial charge in [-0.05, 0) is 60.6 Å². The van der Waals surface area contributed by atoms with Gasteiger partial charge < -0.3 is 14.4 Å². The molecule has 246 valence electrons. The van der Waals surface area contributed by atoms with Gasteiger partial charge in [-0.25, -0.2) is 4.72 Å². The summed E-state index contributed by atoms with van der Waals surface area (Å²) in [6, 6.07) is 18.0. The summed E-state index contributed by atoms with van der Waals surface area (Å²) in [6.07, 6.45) is 10.0. The van der Waals surface area contributed by atoms with E-state index >= 15 is 0 Å². The summed E-state index contributed by atoms with van der Waals surface area (Å²) in [7, 11) is -1.19. The number of rotatable bonds is 6. The zero-order valence-corrected chi connectivity index (χ0v) is 27.9. The Bertz CT molecular complexity index is 1910. The number of carbonyl (C=O) groups excluding carboxylic acids is 2. The third-order valence-corrected chi connectivity index (χ3v) is 11.6. The van der Waals surface area contributed by atoms with Gasteiger partial charge in [-0.2, -0.15) is 12.7 Å². The predicted octanol–water partition coefficient (Wildman–Crippen LogP) is 4.81. The van der Waals surface area contributed by atoms with Crippen molar-refractivity contribution in [3.63, 3.8) is 0 Å². The number of amides is 2. The Balaban J connectivity index is 1.29. The second-order valence-corrected chi connectivity index (χ2v) is 15.1. The van der Waals surface area contributed by atoms with E-state index in [-0.39, 0.29) is 17.4 Å². The fourth-order valence-corrected chi connectivity index (χ4v) is 8.25. The molecular weight excluding hydrogens is 613 g/mol. The molecule has 2 amide bonds. The molecule has 7 rings (SSSR count). The van der Waals surface area contributed by atoms with E-state index in [1.165, 1.54) is 38.9 Å². The molecule has 1 atom stereocenters. The molecule has 4 aromatic rings. The molecule has 1 saturated carbocycles. The Morgan fingerprint density at radius 1 is 0.915 bits per heavy atom. The molecule has 2 aliphatic heterocycles. The number of hydrogen-bond donors (Lipinski definition) is 1. The van der Waals surface area contributed by atoms with Crippen LogP contribution >= 0.6 is 0 Å². The fraction of sp³-hybridized carbons (Fsp3) is 0.417. The van der Waals surface area contributed by atoms with Gasteiger partial charge in [0.15, 0.2) is 0 Å². The topological polar surface area (TPSA) is 108 Å². The van der Waals surface area contributed by atoms with E-state index in [0.717, 1.165) is 63.6 Å². The first kappa shape index (κ1) is 31.4. The van der Waals surface area contributed by atoms with Gasteiger partial charge in [0, 0.05) is 86.9 Å². The number of aromatic nitrogens is 2. The highest BCUT2D eigenvalue weighted by atomic mass is 32.2. The number of pyridine rings is 1. The molecule has 10 nitrogen and oxygen atoms in total. The highest BCUT2D eigenvalue weighted by molar-refractivity contribution is 7.87. The van der Waals surface area contributed by atoms with E-state index < -0.39 is 16.1 Å². The summed E-state index contributed by atoms with van der Waals surface area (Å²) >= 11 is 0. The standard InChI is InChI=1S/C36H42N6O4S/c1-39(2)47(45,46)38-35(43)27-12-13-31-32(23-27)42-24-28(36(44)41-20-18-40(19-21-41)29-14-16-37-17-15-29)22-26-10-6-7-11-30(26)34(42)33(31)25-8-4-3-5-9-25/h6-7,10-17,23,25,28H,3-5,8-9,18-22,24H2,1-2H3,(H,38,43)/t28-/m0/s1. The van der Waals surface area contributed by atoms with E-state index in [1.54, 1.807) is 18.5 Å². The molecule has 0 radical (unpaired) electrons. The largest absolute Gasteiger partial charge is 0.368 e. The van der Waals surface area contributed by atoms with Crippen molar-refractivity contribution in [3.05, 3.63) is 83.7 Å². The molecule has 1 saturated heterocycles. The van der Waals surface area contributed by atoms with Gasteiger partial charge in [-0.1, -0.05) is 49.6 Å². The van der Waals surface area contributed by atoms with E-state index in [2.05, 4.69) is 43.4 Å². The lowest BCUT2D eigenvalue weighted by molar-refractivity contribution is -0.136. The minimum absolute atomic E-state index is 0.147. The maximum absolute atomic E-state index is 14.4. The molecule has 3 aliphatic rings. The van der Waals surface area contributed by atoms with Crippen LogP contribution in [-0.4, -0.2) is 79.3 Å². The Kier molecular flexibility index (Phi) is 8.52. The first-order valence-corrected chi connectivity index (χ1v) is 18.1. The van der Waals surface area contributed by atoms with E-state index in [1.807, 2.05) is 29.2 Å². The van der Waals surface area contributed by atoms with Crippen molar-refractivity contribution in [2.45, 2.75) is 51.0 Å². The lowest BCUT2D eigenvalue weighted by Crippen LogP contribution is -2.51. The molecule has 1 N–H and O–H groups in total. The van der Waals surface area contributed by atoms with Gasteiger partial charge in [0.2, 0.25) is 5.91 Å². The van der Waals surface area contributed by atoms with Gasteiger partial charge in [-0.3, -0.25) is 14.6 Å². The summed E-state index contributed by atoms with van der Waals surface area (Å²) < 4.78 is 30.5. The quantitative estimate of drug-likeness (QED) is 0.320. The van der Waals surface area contributed by atoms with Crippen molar-refractivity contribution in [1.82, 2.24) is 23.5 Å². The van der Waals surface area contributed by atoms with Gasteiger partial charge in [0.25, 0.3) is 5.91 Å². The maximum Gasteiger partial charge on any atom is 0.303 e. The molecule has 0 bridgehead atoms. The Labute approximate surface area is 276 Å². The summed E-state index contributed by atoms with van der Waals surface area (Å²) in [6.45, 7) is 3.30. The molecule has 2 fully saturated rings. The molecular formula is C36H42N6O4S. The zero-order chi connectivity index (χ0) is 32.7. The molecule has 0 spiro atoms. The number of fused-ring (bicyclic) bond motifs is 5. The minimum atomic E-state index is -3.96. The highest BCUT2D eigenvalue weighted by Crippen LogP contribution is 2.47. The third-order valence-electron chi connectivity index (χ3n) is 10.2. The molecule has 2 aromatic heterocycles. The summed E-state index contributed by atoms with van der Waals surface area (Å²) in [5.41, 5.74) is 6.99. The number of carbonyl (C=O) groups is 2. The van der Waals surface area contributed by atoms with Crippen molar-refractivity contribution < 1.29 is 18.0 Å². The number of nitrogens with zero attached hydrogens (tertiary/aromatic N) is 5. The maximum atomic E-state index is 14.4. The Morgan fingerprint density at radius 3 is 2.36 bits per heavy atom.